The number of carbonyl (C=O) groups is 2. The highest BCUT2D eigenvalue weighted by molar-refractivity contribution is 5.76. The van der Waals surface area contributed by atoms with Crippen LogP contribution in [-0.2, 0) is 23.8 Å². The number of carbonyl (C=O) groups excluding carboxylic acids is 2. The summed E-state index contributed by atoms with van der Waals surface area (Å²) in [5, 5.41) is 54.2. The molecule has 1 amide bonds. The van der Waals surface area contributed by atoms with E-state index in [1.165, 1.54) is 231 Å². The predicted molar refractivity (Wildman–Crippen MR) is 324 cm³/mol. The average molecular weight is 1100 g/mol. The molecule has 0 spiro atoms. The Bertz CT molecular complexity index is 1390. The number of allylic oxidation sites excluding steroid dienone is 5. The first kappa shape index (κ1) is 73.9. The van der Waals surface area contributed by atoms with Gasteiger partial charge in [0.25, 0.3) is 0 Å². The van der Waals surface area contributed by atoms with E-state index in [2.05, 4.69) is 43.5 Å². The number of nitrogens with one attached hydrogen (secondary N) is 1. The first-order valence-electron chi connectivity index (χ1n) is 33.3. The van der Waals surface area contributed by atoms with Crippen molar-refractivity contribution < 1.29 is 49.3 Å². The molecule has 458 valence electrons. The number of aliphatic hydroxyl groups excluding tert-OH is 5. The second-order valence-corrected chi connectivity index (χ2v) is 23.2. The van der Waals surface area contributed by atoms with E-state index < -0.39 is 49.5 Å². The average Bonchev–Trinajstić information content (AvgIpc) is 3.43. The van der Waals surface area contributed by atoms with Gasteiger partial charge in [0.05, 0.1) is 32.0 Å². The second kappa shape index (κ2) is 56.7. The molecule has 7 unspecified atom stereocenters. The summed E-state index contributed by atoms with van der Waals surface area (Å²) in [4.78, 5) is 25.1. The number of ether oxygens (including phenoxy) is 3. The summed E-state index contributed by atoms with van der Waals surface area (Å²) in [5.41, 5.74) is 0. The minimum Gasteiger partial charge on any atom is -0.466 e. The van der Waals surface area contributed by atoms with E-state index in [0.29, 0.717) is 19.4 Å². The van der Waals surface area contributed by atoms with Gasteiger partial charge in [0.2, 0.25) is 5.91 Å². The minimum atomic E-state index is -1.57. The van der Waals surface area contributed by atoms with Crippen molar-refractivity contribution in [2.75, 3.05) is 19.8 Å². The van der Waals surface area contributed by atoms with Gasteiger partial charge in [-0.2, -0.15) is 0 Å². The molecule has 1 rings (SSSR count). The van der Waals surface area contributed by atoms with Crippen LogP contribution in [0, 0.1) is 0 Å². The van der Waals surface area contributed by atoms with Crippen molar-refractivity contribution >= 4 is 11.9 Å². The zero-order valence-corrected chi connectivity index (χ0v) is 50.6. The smallest absolute Gasteiger partial charge is 0.305 e. The second-order valence-electron chi connectivity index (χ2n) is 23.2. The van der Waals surface area contributed by atoms with Crippen LogP contribution in [0.5, 0.6) is 0 Å². The van der Waals surface area contributed by atoms with Gasteiger partial charge in [-0.1, -0.05) is 256 Å². The summed E-state index contributed by atoms with van der Waals surface area (Å²) < 4.78 is 16.7. The maximum Gasteiger partial charge on any atom is 0.305 e. The molecule has 1 saturated heterocycles. The van der Waals surface area contributed by atoms with Crippen LogP contribution in [0.1, 0.15) is 316 Å². The van der Waals surface area contributed by atoms with Crippen molar-refractivity contribution in [3.63, 3.8) is 0 Å². The SMILES string of the molecule is CCCCCCCCC/C=C\CCCCCCCC(=O)OCCCCCCCCCCCCCC/C=C\CCCCCCCCCCCC(=O)NC(COC1OC(CO)C(O)C(O)C1O)C(O)/C=C/CCCCCCCCC. The minimum absolute atomic E-state index is 0.00447. The molecule has 0 aromatic rings. The van der Waals surface area contributed by atoms with Gasteiger partial charge in [0.1, 0.15) is 24.4 Å². The van der Waals surface area contributed by atoms with Crippen molar-refractivity contribution in [2.24, 2.45) is 0 Å². The number of hydrogen-bond donors (Lipinski definition) is 6. The quantitative estimate of drug-likeness (QED) is 0.0195. The number of unbranched alkanes of at least 4 members (excludes halogenated alkanes) is 40. The molecule has 78 heavy (non-hydrogen) atoms. The highest BCUT2D eigenvalue weighted by atomic mass is 16.7. The molecule has 0 aromatic carbocycles. The molecule has 0 bridgehead atoms. The van der Waals surface area contributed by atoms with Crippen molar-refractivity contribution in [1.29, 1.82) is 0 Å². The van der Waals surface area contributed by atoms with Crippen LogP contribution in [0.4, 0.5) is 0 Å². The predicted octanol–water partition coefficient (Wildman–Crippen LogP) is 16.2. The summed E-state index contributed by atoms with van der Waals surface area (Å²) >= 11 is 0. The van der Waals surface area contributed by atoms with Gasteiger partial charge in [0.15, 0.2) is 6.29 Å². The van der Waals surface area contributed by atoms with Gasteiger partial charge in [-0.25, -0.2) is 0 Å². The maximum absolute atomic E-state index is 13.0. The van der Waals surface area contributed by atoms with Crippen LogP contribution in [0.15, 0.2) is 36.5 Å². The molecule has 1 heterocycles. The van der Waals surface area contributed by atoms with E-state index in [0.717, 1.165) is 57.8 Å². The van der Waals surface area contributed by atoms with E-state index in [1.807, 2.05) is 6.08 Å². The van der Waals surface area contributed by atoms with Crippen LogP contribution < -0.4 is 5.32 Å². The zero-order valence-electron chi connectivity index (χ0n) is 50.6. The Labute approximate surface area is 479 Å². The van der Waals surface area contributed by atoms with Crippen LogP contribution in [0.3, 0.4) is 0 Å². The van der Waals surface area contributed by atoms with E-state index in [9.17, 15) is 35.1 Å². The standard InChI is InChI=1S/C67H125NO10/c1-3-5-7-9-11-13-14-15-16-29-32-35-39-43-47-51-55-63(72)76-56-52-48-44-40-36-33-30-27-25-23-21-19-17-18-20-22-24-26-28-31-34-38-42-46-50-54-62(71)68-59(60(70)53-49-45-41-37-12-10-8-6-4-2)58-77-67-66(75)65(74)64(73)61(57-69)78-67/h16,18,20,29,49,53,59-61,64-67,69-70,73-75H,3-15,17,19,21-28,30-48,50-52,54-58H2,1-2H3,(H,68,71)/b20-18-,29-16-,53-49+. The van der Waals surface area contributed by atoms with Crippen molar-refractivity contribution in [3.05, 3.63) is 36.5 Å². The third-order valence-electron chi connectivity index (χ3n) is 15.7. The molecule has 0 radical (unpaired) electrons. The monoisotopic (exact) mass is 1100 g/mol. The van der Waals surface area contributed by atoms with Gasteiger partial charge in [-0.15, -0.1) is 0 Å². The van der Waals surface area contributed by atoms with E-state index in [4.69, 9.17) is 14.2 Å². The molecule has 11 heteroatoms. The normalized spacial score (nSPS) is 18.7. The Morgan fingerprint density at radius 2 is 0.821 bits per heavy atom. The molecule has 1 aliphatic heterocycles. The Balaban J connectivity index is 1.95. The van der Waals surface area contributed by atoms with Crippen LogP contribution in [0.2, 0.25) is 0 Å². The lowest BCUT2D eigenvalue weighted by molar-refractivity contribution is -0.302. The third-order valence-corrected chi connectivity index (χ3v) is 15.7. The lowest BCUT2D eigenvalue weighted by Crippen LogP contribution is -2.60. The van der Waals surface area contributed by atoms with Crippen LogP contribution in [-0.4, -0.2) is 100 Å². The van der Waals surface area contributed by atoms with Crippen LogP contribution in [0.25, 0.3) is 0 Å². The Kier molecular flexibility index (Phi) is 53.7. The number of amides is 1. The summed E-state index contributed by atoms with van der Waals surface area (Å²) in [6.07, 6.45) is 61.3. The molecule has 0 saturated carbocycles. The zero-order chi connectivity index (χ0) is 56.6. The Morgan fingerprint density at radius 1 is 0.462 bits per heavy atom. The molecular weight excluding hydrogens is 979 g/mol. The molecule has 6 N–H and O–H groups in total. The fraction of sp³-hybridized carbons (Fsp3) is 0.881. The molecule has 1 aliphatic rings. The number of aliphatic hydroxyl groups is 5. The molecule has 11 nitrogen and oxygen atoms in total. The summed E-state index contributed by atoms with van der Waals surface area (Å²) in [6.45, 7) is 4.32. The highest BCUT2D eigenvalue weighted by Gasteiger charge is 2.44. The van der Waals surface area contributed by atoms with Gasteiger partial charge in [0, 0.05) is 12.8 Å². The van der Waals surface area contributed by atoms with Crippen LogP contribution >= 0.6 is 0 Å². The maximum atomic E-state index is 13.0. The number of esters is 1. The Morgan fingerprint density at radius 3 is 1.23 bits per heavy atom. The summed E-state index contributed by atoms with van der Waals surface area (Å²) in [5.74, 6) is -0.191. The van der Waals surface area contributed by atoms with Gasteiger partial charge < -0.3 is 45.1 Å². The topological polar surface area (TPSA) is 175 Å². The first-order chi connectivity index (χ1) is 38.2. The number of hydrogen-bond acceptors (Lipinski definition) is 10. The van der Waals surface area contributed by atoms with Crippen molar-refractivity contribution in [3.8, 4) is 0 Å². The molecular formula is C67H125NO10. The molecule has 7 atom stereocenters. The summed E-state index contributed by atoms with van der Waals surface area (Å²) in [7, 11) is 0. The van der Waals surface area contributed by atoms with Gasteiger partial charge in [-0.05, 0) is 83.5 Å². The van der Waals surface area contributed by atoms with Crippen molar-refractivity contribution in [2.45, 2.75) is 358 Å². The van der Waals surface area contributed by atoms with E-state index in [1.54, 1.807) is 6.08 Å². The molecule has 1 fully saturated rings. The van der Waals surface area contributed by atoms with Gasteiger partial charge >= 0.3 is 5.97 Å². The van der Waals surface area contributed by atoms with Crippen molar-refractivity contribution in [1.82, 2.24) is 5.32 Å². The fourth-order valence-electron chi connectivity index (χ4n) is 10.4. The Hall–Kier alpha value is -2.12. The molecule has 0 aliphatic carbocycles. The lowest BCUT2D eigenvalue weighted by atomic mass is 9.99. The first-order valence-corrected chi connectivity index (χ1v) is 33.3. The largest absolute Gasteiger partial charge is 0.466 e. The molecule has 0 aromatic heterocycles. The van der Waals surface area contributed by atoms with E-state index >= 15 is 0 Å². The highest BCUT2D eigenvalue weighted by Crippen LogP contribution is 2.23. The third kappa shape index (κ3) is 45.5. The van der Waals surface area contributed by atoms with E-state index in [-0.39, 0.29) is 18.5 Å². The lowest BCUT2D eigenvalue weighted by Gasteiger charge is -2.40. The van der Waals surface area contributed by atoms with Gasteiger partial charge in [-0.3, -0.25) is 9.59 Å². The fourth-order valence-corrected chi connectivity index (χ4v) is 10.4. The summed E-state index contributed by atoms with van der Waals surface area (Å²) in [6, 6.07) is -0.811. The number of rotatable bonds is 58.